The first-order valence-corrected chi connectivity index (χ1v) is 49.6. The second-order valence-corrected chi connectivity index (χ2v) is 37.6. The van der Waals surface area contributed by atoms with E-state index in [1.54, 1.807) is 70.2 Å². The summed E-state index contributed by atoms with van der Waals surface area (Å²) >= 11 is 0. The number of rotatable bonds is 59. The van der Waals surface area contributed by atoms with Crippen molar-refractivity contribution in [3.8, 4) is 5.75 Å². The molecule has 1 heterocycles. The minimum absolute atomic E-state index is 0.00486. The second kappa shape index (κ2) is 66.1. The van der Waals surface area contributed by atoms with Crippen LogP contribution in [-0.4, -0.2) is 275 Å². The minimum atomic E-state index is -2.06. The van der Waals surface area contributed by atoms with Crippen LogP contribution < -0.4 is 135 Å². The molecule has 0 fully saturated rings. The molecule has 0 unspecified atom stereocenters. The number of aliphatic hydroxyl groups excluding tert-OH is 1. The van der Waals surface area contributed by atoms with Crippen LogP contribution in [0.4, 0.5) is 0 Å². The monoisotopic (exact) mass is 2040 g/mol. The molecule has 2 aromatic rings. The normalized spacial score (nSPS) is 18.9. The smallest absolute Gasteiger partial charge is 0.303 e. The van der Waals surface area contributed by atoms with E-state index in [-0.39, 0.29) is 185 Å². The van der Waals surface area contributed by atoms with Crippen molar-refractivity contribution in [2.75, 3.05) is 39.3 Å². The number of primary amides is 1. The number of unbranched alkanes of at least 4 members (excludes halogenated alkanes) is 3. The van der Waals surface area contributed by atoms with E-state index in [0.29, 0.717) is 43.2 Å². The second-order valence-electron chi connectivity index (χ2n) is 37.6. The number of amides is 17. The summed E-state index contributed by atoms with van der Waals surface area (Å²) in [6.45, 7) is 15.2. The van der Waals surface area contributed by atoms with Gasteiger partial charge in [0.15, 0.2) is 17.9 Å². The third-order valence-corrected chi connectivity index (χ3v) is 23.9. The van der Waals surface area contributed by atoms with Crippen LogP contribution in [0.2, 0.25) is 0 Å². The van der Waals surface area contributed by atoms with Crippen LogP contribution in [0.25, 0.3) is 0 Å². The predicted octanol–water partition coefficient (Wildman–Crippen LogP) is -3.64. The van der Waals surface area contributed by atoms with Crippen molar-refractivity contribution in [3.63, 3.8) is 0 Å². The Morgan fingerprint density at radius 3 is 1.37 bits per heavy atom. The number of nitrogens with one attached hydrogen (secondary N) is 22. The number of aromatic hydroxyl groups is 1. The molecule has 0 aromatic heterocycles. The topological polar surface area (TPSA) is 824 Å². The zero-order chi connectivity index (χ0) is 109. The molecule has 49 heteroatoms. The molecule has 3 rings (SSSR count). The molecule has 37 N–H and O–H groups in total. The molecule has 0 spiro atoms. The summed E-state index contributed by atoms with van der Waals surface area (Å²) in [5, 5.41) is 105. The standard InChI is InChI=1S/C96H160N28O21/c1-11-12-31-63(80(134)118-70(77(99)131)52-55(2)3)113-83(137)69(41-42-74(129)130)117-79(133)66(34-26-48-107-92(100)101)116-87(141)72(54-61-37-39-62(127)40-38-61)119-81(135)64(32-20-24-46-97)112-78(132)57(6)110-90(144)95(9)44-22-15-13-14-16-23-45-96(10,91(145)120-68(36-28-50-109-94(104)105)82(136)114-67(35-27-49-108-93(102)103)85(139)122-76(58(7)125)89(143)124-95)123-88(142)75(56(4)5)121-84(138)65(33-21-25-47-98)115-86(140)71(53-60-29-18-17-19-30-60)111-73(128)43-51-106-59(8)126/h13-14,17-19,29-30,37-40,55-58,63-72,75-76,125,127H,11-12,15-16,20-28,31-36,41-54,97-98H2,1-10H3,(H2,99,131)(H,106,126)(H,110,144)(H,111,128)(H,112,132)(H,113,137)(H,114,136)(H,115,140)(H,116,141)(H,117,133)(H,118,134)(H,119,135)(H,120,145)(H,121,138)(H,122,139)(H,123,142)(H,124,143)(H,129,130)(H4,100,101,107)(H4,102,103,108)(H4,104,105,109)/b14-13-/t57-,58-,63-,64-,65-,66-,67-,68-,69-,70-,71-,72-,75-,76-,95+,96+/m1/s1. The van der Waals surface area contributed by atoms with Crippen molar-refractivity contribution in [1.29, 1.82) is 16.2 Å². The van der Waals surface area contributed by atoms with Crippen LogP contribution >= 0.6 is 0 Å². The van der Waals surface area contributed by atoms with Gasteiger partial charge in [0, 0.05) is 58.8 Å². The third kappa shape index (κ3) is 48.8. The lowest BCUT2D eigenvalue weighted by Gasteiger charge is -2.34. The quantitative estimate of drug-likeness (QED) is 0.0131. The fourth-order valence-corrected chi connectivity index (χ4v) is 15.5. The number of phenolic OH excluding ortho intramolecular Hbond substituents is 1. The number of carbonyl (C=O) groups excluding carboxylic acids is 17. The van der Waals surface area contributed by atoms with E-state index in [1.807, 2.05) is 6.92 Å². The highest BCUT2D eigenvalue weighted by molar-refractivity contribution is 6.02. The van der Waals surface area contributed by atoms with Crippen molar-refractivity contribution < 1.29 is 102 Å². The molecule has 0 aliphatic carbocycles. The molecule has 49 nitrogen and oxygen atoms in total. The number of phenols is 1. The molecule has 145 heavy (non-hydrogen) atoms. The molecule has 2 aromatic carbocycles. The minimum Gasteiger partial charge on any atom is -0.508 e. The number of allylic oxidation sites excluding steroid dienone is 2. The van der Waals surface area contributed by atoms with Crippen LogP contribution in [0.5, 0.6) is 5.75 Å². The van der Waals surface area contributed by atoms with E-state index in [9.17, 15) is 72.9 Å². The molecule has 17 amide bonds. The summed E-state index contributed by atoms with van der Waals surface area (Å²) in [4.78, 5) is 257. The van der Waals surface area contributed by atoms with Crippen molar-refractivity contribution in [3.05, 3.63) is 77.9 Å². The van der Waals surface area contributed by atoms with E-state index in [1.165, 1.54) is 52.0 Å². The highest BCUT2D eigenvalue weighted by Gasteiger charge is 2.44. The molecule has 1 aliphatic heterocycles. The molecule has 0 bridgehead atoms. The molecule has 0 saturated heterocycles. The van der Waals surface area contributed by atoms with Crippen LogP contribution in [0, 0.1) is 28.1 Å². The Morgan fingerprint density at radius 2 is 0.903 bits per heavy atom. The highest BCUT2D eigenvalue weighted by atomic mass is 16.4. The van der Waals surface area contributed by atoms with Crippen LogP contribution in [-0.2, 0) is 99.1 Å². The van der Waals surface area contributed by atoms with E-state index in [4.69, 9.17) is 50.6 Å². The molecule has 16 atom stereocenters. The molecule has 0 radical (unpaired) electrons. The summed E-state index contributed by atoms with van der Waals surface area (Å²) in [5.41, 5.74) is 31.2. The Balaban J connectivity index is 2.19. The summed E-state index contributed by atoms with van der Waals surface area (Å²) < 4.78 is 0. The number of benzene rings is 2. The number of guanidine groups is 3. The van der Waals surface area contributed by atoms with Gasteiger partial charge in [0.2, 0.25) is 100 Å². The van der Waals surface area contributed by atoms with E-state index < -0.39 is 233 Å². The van der Waals surface area contributed by atoms with Crippen LogP contribution in [0.15, 0.2) is 66.7 Å². The van der Waals surface area contributed by atoms with Crippen molar-refractivity contribution in [1.82, 2.24) is 101 Å². The summed E-state index contributed by atoms with van der Waals surface area (Å²) in [6.07, 6.45) is 1.53. The summed E-state index contributed by atoms with van der Waals surface area (Å²) in [6, 6.07) is -5.49. The van der Waals surface area contributed by atoms with Crippen molar-refractivity contribution in [2.45, 2.75) is 338 Å². The van der Waals surface area contributed by atoms with Gasteiger partial charge in [-0.25, -0.2) is 0 Å². The lowest BCUT2D eigenvalue weighted by molar-refractivity contribution is -0.140. The van der Waals surface area contributed by atoms with Crippen LogP contribution in [0.1, 0.15) is 241 Å². The van der Waals surface area contributed by atoms with Gasteiger partial charge in [0.25, 0.3) is 0 Å². The number of carbonyl (C=O) groups is 18. The Labute approximate surface area is 846 Å². The van der Waals surface area contributed by atoms with Gasteiger partial charge in [-0.1, -0.05) is 102 Å². The first kappa shape index (κ1) is 125. The number of hydrogen-bond acceptors (Lipinski definition) is 25. The largest absolute Gasteiger partial charge is 0.508 e. The Morgan fingerprint density at radius 1 is 0.469 bits per heavy atom. The third-order valence-electron chi connectivity index (χ3n) is 23.9. The van der Waals surface area contributed by atoms with E-state index in [2.05, 4.69) is 101 Å². The van der Waals surface area contributed by atoms with Gasteiger partial charge in [0.1, 0.15) is 95.4 Å². The SMILES string of the molecule is CCCC[C@@H](NC(=O)[C@@H](CCC(=O)O)NC(=O)[C@@H](CCCNC(=N)N)NC(=O)[C@@H](Cc1ccc(O)cc1)NC(=O)[C@@H](CCCCN)NC(=O)[C@@H](C)NC(=O)[C@]1(C)CCC/C=C\CCC[C@](C)(NC(=O)[C@H](NC(=O)[C@@H](CCCCN)NC(=O)[C@@H](Cc2ccccc2)NC(=O)CCNC(C)=O)C(C)C)C(=O)N[C@H](CCCNC(=N)N)C(=O)N[C@H](CCCNC(=N)N)C(=O)N[C@H]([C@@H](C)O)C(=O)N1)C(=O)N[C@H](CC(C)C)C(N)=O. The Kier molecular flexibility index (Phi) is 57.1. The number of hydrogen-bond donors (Lipinski definition) is 31. The van der Waals surface area contributed by atoms with Crippen LogP contribution in [0.3, 0.4) is 0 Å². The van der Waals surface area contributed by atoms with Crippen molar-refractivity contribution in [2.24, 2.45) is 46.2 Å². The summed E-state index contributed by atoms with van der Waals surface area (Å²) in [5.74, 6) is -19.0. The zero-order valence-corrected chi connectivity index (χ0v) is 85.1. The predicted molar refractivity (Wildman–Crippen MR) is 541 cm³/mol. The zero-order valence-electron chi connectivity index (χ0n) is 85.1. The molecular weight excluding hydrogens is 1880 g/mol. The fraction of sp³-hybridized carbons (Fsp3) is 0.635. The van der Waals surface area contributed by atoms with Crippen molar-refractivity contribution >= 4 is 124 Å². The first-order valence-electron chi connectivity index (χ1n) is 49.6. The van der Waals surface area contributed by atoms with E-state index >= 15 is 28.8 Å². The fourth-order valence-electron chi connectivity index (χ4n) is 15.5. The Hall–Kier alpha value is -13.9. The van der Waals surface area contributed by atoms with E-state index in [0.717, 1.165) is 6.92 Å². The number of aliphatic carboxylic acids is 1. The average molecular weight is 2040 g/mol. The maximum Gasteiger partial charge on any atom is 0.303 e. The number of carboxylic acids is 1. The van der Waals surface area contributed by atoms with Gasteiger partial charge in [-0.3, -0.25) is 103 Å². The van der Waals surface area contributed by atoms with Gasteiger partial charge < -0.3 is 151 Å². The summed E-state index contributed by atoms with van der Waals surface area (Å²) in [7, 11) is 0. The maximum absolute atomic E-state index is 15.4. The molecule has 0 saturated carbocycles. The van der Waals surface area contributed by atoms with Gasteiger partial charge >= 0.3 is 5.97 Å². The molecule has 1 aliphatic rings. The average Bonchev–Trinajstić information content (AvgIpc) is 1.12. The lowest BCUT2D eigenvalue weighted by Crippen LogP contribution is -2.66. The lowest BCUT2D eigenvalue weighted by atomic mass is 9.90. The number of aliphatic hydroxyl groups is 1. The van der Waals surface area contributed by atoms with Gasteiger partial charge in [0.05, 0.1) is 6.10 Å². The van der Waals surface area contributed by atoms with Gasteiger partial charge in [-0.15, -0.1) is 0 Å². The highest BCUT2D eigenvalue weighted by Crippen LogP contribution is 2.23. The van der Waals surface area contributed by atoms with Gasteiger partial charge in [-0.2, -0.15) is 0 Å². The molecular formula is C96H160N28O21. The number of carboxylic acid groups (broad SMARTS) is 1. The Bertz CT molecular complexity index is 4650. The molecule has 810 valence electrons. The number of nitrogens with two attached hydrogens (primary N) is 6. The first-order chi connectivity index (χ1) is 68.5. The van der Waals surface area contributed by atoms with Gasteiger partial charge in [-0.05, 0) is 211 Å². The maximum atomic E-state index is 15.4.